The zero-order valence-corrected chi connectivity index (χ0v) is 13.9. The second-order valence-electron chi connectivity index (χ2n) is 4.85. The molecule has 1 aromatic rings. The monoisotopic (exact) mass is 356 g/mol. The minimum absolute atomic E-state index is 0.0450. The van der Waals surface area contributed by atoms with Crippen molar-refractivity contribution in [2.24, 2.45) is 0 Å². The van der Waals surface area contributed by atoms with Crippen molar-refractivity contribution in [3.05, 3.63) is 34.3 Å². The zero-order chi connectivity index (χ0) is 15.8. The maximum atomic E-state index is 12.0. The van der Waals surface area contributed by atoms with Gasteiger partial charge in [-0.3, -0.25) is 14.5 Å². The summed E-state index contributed by atoms with van der Waals surface area (Å²) in [5.41, 5.74) is 1.03. The first-order chi connectivity index (χ1) is 9.92. The van der Waals surface area contributed by atoms with E-state index in [-0.39, 0.29) is 24.9 Å². The molecule has 0 heterocycles. The van der Waals surface area contributed by atoms with Gasteiger partial charge in [-0.2, -0.15) is 0 Å². The predicted octanol–water partition coefficient (Wildman–Crippen LogP) is 2.42. The number of rotatable bonds is 8. The van der Waals surface area contributed by atoms with Crippen molar-refractivity contribution in [1.82, 2.24) is 10.2 Å². The van der Waals surface area contributed by atoms with Crippen molar-refractivity contribution >= 4 is 27.8 Å². The van der Waals surface area contributed by atoms with Crippen LogP contribution >= 0.6 is 15.9 Å². The SMILES string of the molecule is CCN(CCC(=O)O)CC(=O)NC(C)c1ccc(Br)cc1. The fraction of sp³-hybridized carbons (Fsp3) is 0.467. The summed E-state index contributed by atoms with van der Waals surface area (Å²) in [5, 5.41) is 11.6. The third-order valence-electron chi connectivity index (χ3n) is 3.20. The predicted molar refractivity (Wildman–Crippen MR) is 85.1 cm³/mol. The Morgan fingerprint density at radius 1 is 1.33 bits per heavy atom. The number of carboxylic acid groups (broad SMARTS) is 1. The van der Waals surface area contributed by atoms with Gasteiger partial charge >= 0.3 is 5.97 Å². The lowest BCUT2D eigenvalue weighted by atomic mass is 10.1. The zero-order valence-electron chi connectivity index (χ0n) is 12.3. The number of likely N-dealkylation sites (N-methyl/N-ethyl adjacent to an activating group) is 1. The molecule has 0 aliphatic heterocycles. The Kier molecular flexibility index (Phi) is 7.39. The van der Waals surface area contributed by atoms with Gasteiger partial charge in [0.25, 0.3) is 0 Å². The first kappa shape index (κ1) is 17.7. The van der Waals surface area contributed by atoms with E-state index in [1.54, 1.807) is 0 Å². The molecular formula is C15H21BrN2O3. The van der Waals surface area contributed by atoms with Gasteiger partial charge in [-0.25, -0.2) is 0 Å². The molecule has 2 N–H and O–H groups in total. The molecule has 0 saturated heterocycles. The Morgan fingerprint density at radius 3 is 2.48 bits per heavy atom. The van der Waals surface area contributed by atoms with Crippen LogP contribution in [-0.4, -0.2) is 41.5 Å². The van der Waals surface area contributed by atoms with Gasteiger partial charge in [0, 0.05) is 11.0 Å². The standard InChI is InChI=1S/C15H21BrN2O3/c1-3-18(9-8-15(20)21)10-14(19)17-11(2)12-4-6-13(16)7-5-12/h4-7,11H,3,8-10H2,1-2H3,(H,17,19)(H,20,21). The van der Waals surface area contributed by atoms with Crippen LogP contribution in [-0.2, 0) is 9.59 Å². The highest BCUT2D eigenvalue weighted by Crippen LogP contribution is 2.16. The number of carboxylic acids is 1. The van der Waals surface area contributed by atoms with Crippen molar-refractivity contribution < 1.29 is 14.7 Å². The van der Waals surface area contributed by atoms with Gasteiger partial charge in [0.1, 0.15) is 0 Å². The van der Waals surface area contributed by atoms with Crippen LogP contribution in [0.25, 0.3) is 0 Å². The average molecular weight is 357 g/mol. The van der Waals surface area contributed by atoms with Crippen LogP contribution in [0.15, 0.2) is 28.7 Å². The molecule has 6 heteroatoms. The van der Waals surface area contributed by atoms with Crippen LogP contribution in [0.5, 0.6) is 0 Å². The van der Waals surface area contributed by atoms with E-state index in [1.165, 1.54) is 0 Å². The molecule has 1 unspecified atom stereocenters. The van der Waals surface area contributed by atoms with Crippen LogP contribution in [0.2, 0.25) is 0 Å². The van der Waals surface area contributed by atoms with Crippen molar-refractivity contribution in [3.8, 4) is 0 Å². The molecule has 0 radical (unpaired) electrons. The first-order valence-corrected chi connectivity index (χ1v) is 7.70. The molecule has 1 amide bonds. The highest BCUT2D eigenvalue weighted by Gasteiger charge is 2.13. The quantitative estimate of drug-likeness (QED) is 0.750. The van der Waals surface area contributed by atoms with Crippen molar-refractivity contribution in [3.63, 3.8) is 0 Å². The number of benzene rings is 1. The molecule has 1 rings (SSSR count). The second kappa shape index (κ2) is 8.79. The smallest absolute Gasteiger partial charge is 0.304 e. The minimum atomic E-state index is -0.850. The van der Waals surface area contributed by atoms with E-state index in [1.807, 2.05) is 43.0 Å². The lowest BCUT2D eigenvalue weighted by Gasteiger charge is -2.21. The highest BCUT2D eigenvalue weighted by molar-refractivity contribution is 9.10. The van der Waals surface area contributed by atoms with Crippen LogP contribution < -0.4 is 5.32 Å². The molecule has 0 aromatic heterocycles. The van der Waals surface area contributed by atoms with Crippen LogP contribution in [0, 0.1) is 0 Å². The van der Waals surface area contributed by atoms with Crippen molar-refractivity contribution in [2.75, 3.05) is 19.6 Å². The molecule has 1 atom stereocenters. The maximum Gasteiger partial charge on any atom is 0.304 e. The van der Waals surface area contributed by atoms with E-state index >= 15 is 0 Å². The maximum absolute atomic E-state index is 12.0. The summed E-state index contributed by atoms with van der Waals surface area (Å²) in [4.78, 5) is 24.4. The van der Waals surface area contributed by atoms with E-state index in [0.717, 1.165) is 10.0 Å². The van der Waals surface area contributed by atoms with Gasteiger partial charge in [-0.15, -0.1) is 0 Å². The molecule has 0 fully saturated rings. The Morgan fingerprint density at radius 2 is 1.95 bits per heavy atom. The lowest BCUT2D eigenvalue weighted by molar-refractivity contribution is -0.137. The molecule has 0 spiro atoms. The Bertz CT molecular complexity index is 476. The van der Waals surface area contributed by atoms with E-state index in [0.29, 0.717) is 13.1 Å². The largest absolute Gasteiger partial charge is 0.481 e. The molecule has 5 nitrogen and oxygen atoms in total. The number of amides is 1. The summed E-state index contributed by atoms with van der Waals surface area (Å²) in [6.45, 7) is 5.08. The van der Waals surface area contributed by atoms with Gasteiger partial charge in [0.2, 0.25) is 5.91 Å². The summed E-state index contributed by atoms with van der Waals surface area (Å²) in [5.74, 6) is -0.949. The summed E-state index contributed by atoms with van der Waals surface area (Å²) < 4.78 is 0.996. The van der Waals surface area contributed by atoms with E-state index in [2.05, 4.69) is 21.2 Å². The third-order valence-corrected chi connectivity index (χ3v) is 3.73. The number of nitrogens with one attached hydrogen (secondary N) is 1. The van der Waals surface area contributed by atoms with Crippen LogP contribution in [0.3, 0.4) is 0 Å². The van der Waals surface area contributed by atoms with Gasteiger partial charge in [-0.05, 0) is 31.2 Å². The minimum Gasteiger partial charge on any atom is -0.481 e. The van der Waals surface area contributed by atoms with Crippen molar-refractivity contribution in [1.29, 1.82) is 0 Å². The number of aliphatic carboxylic acids is 1. The lowest BCUT2D eigenvalue weighted by Crippen LogP contribution is -2.39. The molecule has 0 aliphatic rings. The van der Waals surface area contributed by atoms with Crippen molar-refractivity contribution in [2.45, 2.75) is 26.3 Å². The van der Waals surface area contributed by atoms with Gasteiger partial charge < -0.3 is 10.4 Å². The molecule has 1 aromatic carbocycles. The van der Waals surface area contributed by atoms with E-state index in [9.17, 15) is 9.59 Å². The topological polar surface area (TPSA) is 69.6 Å². The first-order valence-electron chi connectivity index (χ1n) is 6.91. The Balaban J connectivity index is 2.47. The average Bonchev–Trinajstić information content (AvgIpc) is 2.43. The fourth-order valence-corrected chi connectivity index (χ4v) is 2.19. The molecule has 0 saturated carbocycles. The Hall–Kier alpha value is -1.40. The van der Waals surface area contributed by atoms with Gasteiger partial charge in [0.05, 0.1) is 19.0 Å². The molecule has 21 heavy (non-hydrogen) atoms. The highest BCUT2D eigenvalue weighted by atomic mass is 79.9. The number of halogens is 1. The summed E-state index contributed by atoms with van der Waals surface area (Å²) in [6.07, 6.45) is 0.0450. The normalized spacial score (nSPS) is 12.2. The number of carbonyl (C=O) groups excluding carboxylic acids is 1. The molecule has 0 aliphatic carbocycles. The summed E-state index contributed by atoms with van der Waals surface area (Å²) in [7, 11) is 0. The number of carbonyl (C=O) groups is 2. The van der Waals surface area contributed by atoms with Gasteiger partial charge in [0.15, 0.2) is 0 Å². The summed E-state index contributed by atoms with van der Waals surface area (Å²) in [6, 6.07) is 7.70. The number of nitrogens with zero attached hydrogens (tertiary/aromatic N) is 1. The van der Waals surface area contributed by atoms with E-state index < -0.39 is 5.97 Å². The van der Waals surface area contributed by atoms with Crippen LogP contribution in [0.1, 0.15) is 31.9 Å². The molecule has 0 bridgehead atoms. The third kappa shape index (κ3) is 6.73. The van der Waals surface area contributed by atoms with E-state index in [4.69, 9.17) is 5.11 Å². The number of hydrogen-bond donors (Lipinski definition) is 2. The number of hydrogen-bond acceptors (Lipinski definition) is 3. The Labute approximate surface area is 133 Å². The molecule has 116 valence electrons. The van der Waals surface area contributed by atoms with Gasteiger partial charge in [-0.1, -0.05) is 35.0 Å². The van der Waals surface area contributed by atoms with Crippen LogP contribution in [0.4, 0.5) is 0 Å². The fourth-order valence-electron chi connectivity index (χ4n) is 1.93. The second-order valence-corrected chi connectivity index (χ2v) is 5.77. The summed E-state index contributed by atoms with van der Waals surface area (Å²) >= 11 is 3.37. The molecular weight excluding hydrogens is 336 g/mol.